The van der Waals surface area contributed by atoms with E-state index in [1.807, 2.05) is 52.0 Å². The van der Waals surface area contributed by atoms with E-state index in [0.717, 1.165) is 16.5 Å². The molecule has 0 fully saturated rings. The zero-order chi connectivity index (χ0) is 44.7. The van der Waals surface area contributed by atoms with Gasteiger partial charge >= 0.3 is 12.1 Å². The maximum absolute atomic E-state index is 14.1. The van der Waals surface area contributed by atoms with Crippen molar-refractivity contribution in [3.05, 3.63) is 54.2 Å². The first kappa shape index (κ1) is 48.9. The van der Waals surface area contributed by atoms with Crippen LogP contribution in [-0.2, 0) is 46.3 Å². The fraction of sp³-hybridized carbons (Fsp3) is 0.595. The molecule has 18 nitrogen and oxygen atoms in total. The van der Waals surface area contributed by atoms with Crippen LogP contribution in [0.25, 0.3) is 10.9 Å². The zero-order valence-corrected chi connectivity index (χ0v) is 36.1. The van der Waals surface area contributed by atoms with Crippen molar-refractivity contribution in [1.29, 1.82) is 0 Å². The Labute approximate surface area is 351 Å². The second-order valence-electron chi connectivity index (χ2n) is 17.0. The fourth-order valence-electron chi connectivity index (χ4n) is 6.60. The predicted molar refractivity (Wildman–Crippen MR) is 223 cm³/mol. The molecule has 0 radical (unpaired) electrons. The average molecular weight is 841 g/mol. The van der Waals surface area contributed by atoms with Crippen LogP contribution in [0.3, 0.4) is 0 Å². The maximum atomic E-state index is 14.1. The SMILES string of the molecule is COC(=O)C[C@H](O)[C@H](CC(C)C)NC(=O)[C@H](C)NC(=O)C[C@H](O)[C@H](CC(C)C)NC(=O)[C@H](Cc1cnc[nH]1)NC(=O)[C@H](Cc1c[nH]c2ccccc12)NC(=O)OC(C)(C)C. The number of aliphatic hydroxyl groups excluding tert-OH is 2. The monoisotopic (exact) mass is 840 g/mol. The van der Waals surface area contributed by atoms with Gasteiger partial charge in [0.1, 0.15) is 23.7 Å². The van der Waals surface area contributed by atoms with Gasteiger partial charge in [-0.05, 0) is 64.0 Å². The first-order chi connectivity index (χ1) is 28.1. The van der Waals surface area contributed by atoms with Crippen molar-refractivity contribution in [2.75, 3.05) is 7.11 Å². The Morgan fingerprint density at radius 3 is 1.92 bits per heavy atom. The van der Waals surface area contributed by atoms with Gasteiger partial charge in [-0.1, -0.05) is 45.9 Å². The van der Waals surface area contributed by atoms with E-state index >= 15 is 0 Å². The van der Waals surface area contributed by atoms with Gasteiger partial charge in [0.05, 0.1) is 50.6 Å². The second kappa shape index (κ2) is 22.8. The minimum atomic E-state index is -1.41. The number of aliphatic hydroxyl groups is 2. The first-order valence-corrected chi connectivity index (χ1v) is 20.3. The lowest BCUT2D eigenvalue weighted by atomic mass is 9.96. The fourth-order valence-corrected chi connectivity index (χ4v) is 6.60. The van der Waals surface area contributed by atoms with E-state index in [9.17, 15) is 39.0 Å². The molecule has 1 aromatic carbocycles. The van der Waals surface area contributed by atoms with E-state index in [1.54, 1.807) is 27.0 Å². The molecule has 0 aliphatic rings. The minimum Gasteiger partial charge on any atom is -0.469 e. The molecule has 0 aliphatic heterocycles. The third kappa shape index (κ3) is 16.3. The summed E-state index contributed by atoms with van der Waals surface area (Å²) >= 11 is 0. The molecule has 2 heterocycles. The number of aromatic amines is 2. The summed E-state index contributed by atoms with van der Waals surface area (Å²) in [6, 6.07) is 2.27. The number of imidazole rings is 1. The summed E-state index contributed by atoms with van der Waals surface area (Å²) in [7, 11) is 1.20. The molecule has 18 heteroatoms. The van der Waals surface area contributed by atoms with Crippen molar-refractivity contribution in [1.82, 2.24) is 41.5 Å². The Morgan fingerprint density at radius 2 is 1.33 bits per heavy atom. The van der Waals surface area contributed by atoms with E-state index in [4.69, 9.17) is 4.74 Å². The van der Waals surface area contributed by atoms with Gasteiger partial charge < -0.3 is 56.2 Å². The number of H-pyrrole nitrogens is 2. The molecule has 60 heavy (non-hydrogen) atoms. The van der Waals surface area contributed by atoms with Crippen LogP contribution in [0.4, 0.5) is 4.79 Å². The standard InChI is InChI=1S/C42H64N8O10/c1-23(2)14-30(34(51)18-36(53)46-25(5)38(55)47-31(15-24(3)4)35(52)19-37(54)59-9)48-40(57)33(17-27-21-43-22-45-27)49-39(56)32(50-41(58)60-42(6,7)8)16-26-20-44-29-13-11-10-12-28(26)29/h10-13,20-25,30-35,44,51-52H,14-19H2,1-9H3,(H,43,45)(H,46,53)(H,47,55)(H,48,57)(H,49,56)(H,50,58)/t25-,30-,31-,32-,33-,34-,35-/m0/s1. The van der Waals surface area contributed by atoms with Gasteiger partial charge in [-0.3, -0.25) is 24.0 Å². The van der Waals surface area contributed by atoms with Crippen LogP contribution >= 0.6 is 0 Å². The third-order valence-corrected chi connectivity index (χ3v) is 9.52. The lowest BCUT2D eigenvalue weighted by Gasteiger charge is -2.29. The molecule has 3 rings (SSSR count). The predicted octanol–water partition coefficient (Wildman–Crippen LogP) is 2.30. The molecule has 0 bridgehead atoms. The van der Waals surface area contributed by atoms with Gasteiger partial charge in [-0.25, -0.2) is 9.78 Å². The number of carbonyl (C=O) groups is 6. The van der Waals surface area contributed by atoms with Crippen LogP contribution in [0, 0.1) is 11.8 Å². The van der Waals surface area contributed by atoms with Gasteiger partial charge in [0.15, 0.2) is 0 Å². The van der Waals surface area contributed by atoms with Crippen molar-refractivity contribution >= 4 is 46.6 Å². The number of nitrogens with one attached hydrogen (secondary N) is 7. The summed E-state index contributed by atoms with van der Waals surface area (Å²) < 4.78 is 10.1. The Hall–Kier alpha value is -5.49. The van der Waals surface area contributed by atoms with Gasteiger partial charge in [0.25, 0.3) is 0 Å². The number of ether oxygens (including phenoxy) is 2. The quantitative estimate of drug-likeness (QED) is 0.0663. The van der Waals surface area contributed by atoms with Crippen LogP contribution in [0.5, 0.6) is 0 Å². The lowest BCUT2D eigenvalue weighted by Crippen LogP contribution is -2.58. The molecule has 0 aliphatic carbocycles. The Balaban J connectivity index is 1.77. The number of hydrogen-bond donors (Lipinski definition) is 9. The number of hydrogen-bond acceptors (Lipinski definition) is 11. The van der Waals surface area contributed by atoms with Gasteiger partial charge in [0.2, 0.25) is 23.6 Å². The third-order valence-electron chi connectivity index (χ3n) is 9.52. The number of aromatic nitrogens is 3. The molecule has 0 saturated carbocycles. The number of amides is 5. The van der Waals surface area contributed by atoms with Crippen molar-refractivity contribution in [2.24, 2.45) is 11.8 Å². The molecule has 332 valence electrons. The van der Waals surface area contributed by atoms with Crippen LogP contribution < -0.4 is 26.6 Å². The second-order valence-corrected chi connectivity index (χ2v) is 17.0. The number of methoxy groups -OCH3 is 1. The summed E-state index contributed by atoms with van der Waals surface area (Å²) in [5.41, 5.74) is 1.25. The van der Waals surface area contributed by atoms with E-state index in [1.165, 1.54) is 26.6 Å². The molecule has 0 spiro atoms. The van der Waals surface area contributed by atoms with Crippen LogP contribution in [0.2, 0.25) is 0 Å². The number of fused-ring (bicyclic) bond motifs is 1. The smallest absolute Gasteiger partial charge is 0.408 e. The van der Waals surface area contributed by atoms with E-state index < -0.39 is 90.1 Å². The largest absolute Gasteiger partial charge is 0.469 e. The normalized spacial score (nSPS) is 15.2. The van der Waals surface area contributed by atoms with Crippen molar-refractivity contribution < 1.29 is 48.5 Å². The topological polar surface area (TPSA) is 266 Å². The van der Waals surface area contributed by atoms with Crippen molar-refractivity contribution in [2.45, 2.75) is 142 Å². The van der Waals surface area contributed by atoms with Gasteiger partial charge in [-0.15, -0.1) is 0 Å². The molecule has 2 aromatic heterocycles. The highest BCUT2D eigenvalue weighted by molar-refractivity contribution is 5.93. The highest BCUT2D eigenvalue weighted by Gasteiger charge is 2.33. The number of para-hydroxylation sites is 1. The van der Waals surface area contributed by atoms with Gasteiger partial charge in [0, 0.05) is 41.8 Å². The molecule has 3 aromatic rings. The summed E-state index contributed by atoms with van der Waals surface area (Å²) in [5.74, 6) is -3.26. The Bertz CT molecular complexity index is 1870. The highest BCUT2D eigenvalue weighted by Crippen LogP contribution is 2.20. The zero-order valence-electron chi connectivity index (χ0n) is 36.1. The highest BCUT2D eigenvalue weighted by atomic mass is 16.6. The number of rotatable bonds is 22. The molecule has 0 saturated heterocycles. The molecule has 7 atom stereocenters. The summed E-state index contributed by atoms with van der Waals surface area (Å²) in [6.45, 7) is 14.1. The number of benzene rings is 1. The summed E-state index contributed by atoms with van der Waals surface area (Å²) in [5, 5.41) is 36.4. The number of nitrogens with zero attached hydrogens (tertiary/aromatic N) is 1. The van der Waals surface area contributed by atoms with Crippen molar-refractivity contribution in [3.8, 4) is 0 Å². The van der Waals surface area contributed by atoms with Crippen LogP contribution in [0.1, 0.15) is 92.3 Å². The number of esters is 1. The van der Waals surface area contributed by atoms with E-state index in [2.05, 4.69) is 46.3 Å². The minimum absolute atomic E-state index is 0.0342. The average Bonchev–Trinajstić information content (AvgIpc) is 3.82. The van der Waals surface area contributed by atoms with Crippen molar-refractivity contribution in [3.63, 3.8) is 0 Å². The van der Waals surface area contributed by atoms with Crippen LogP contribution in [-0.4, -0.2) is 116 Å². The summed E-state index contributed by atoms with van der Waals surface area (Å²) in [6.07, 6.45) is 1.03. The maximum Gasteiger partial charge on any atom is 0.408 e. The first-order valence-electron chi connectivity index (χ1n) is 20.3. The van der Waals surface area contributed by atoms with E-state index in [0.29, 0.717) is 12.1 Å². The summed E-state index contributed by atoms with van der Waals surface area (Å²) in [4.78, 5) is 89.4. The lowest BCUT2D eigenvalue weighted by molar-refractivity contribution is -0.144. The van der Waals surface area contributed by atoms with Gasteiger partial charge in [-0.2, -0.15) is 0 Å². The Kier molecular flexibility index (Phi) is 18.5. The molecular weight excluding hydrogens is 777 g/mol. The number of alkyl carbamates (subject to hydrolysis) is 1. The Morgan fingerprint density at radius 1 is 0.750 bits per heavy atom. The molecule has 5 amide bonds. The number of carbonyl (C=O) groups excluding carboxylic acids is 6. The molecular formula is C42H64N8O10. The molecule has 9 N–H and O–H groups in total. The van der Waals surface area contributed by atoms with Crippen LogP contribution in [0.15, 0.2) is 43.0 Å². The van der Waals surface area contributed by atoms with E-state index in [-0.39, 0.29) is 37.5 Å². The molecule has 0 unspecified atom stereocenters.